The van der Waals surface area contributed by atoms with E-state index in [0.29, 0.717) is 25.2 Å². The number of hydrogen-bond acceptors (Lipinski definition) is 3. The number of hydrogen-bond donors (Lipinski definition) is 2. The molecule has 0 bridgehead atoms. The van der Waals surface area contributed by atoms with Crippen molar-refractivity contribution in [3.8, 4) is 0 Å². The summed E-state index contributed by atoms with van der Waals surface area (Å²) in [5.74, 6) is -0.166. The molecule has 21 heavy (non-hydrogen) atoms. The minimum Gasteiger partial charge on any atom is -0.362 e. The van der Waals surface area contributed by atoms with E-state index in [-0.39, 0.29) is 24.6 Å². The van der Waals surface area contributed by atoms with Gasteiger partial charge in [0, 0.05) is 25.3 Å². The Kier molecular flexibility index (Phi) is 4.72. The summed E-state index contributed by atoms with van der Waals surface area (Å²) in [7, 11) is 1.60. The van der Waals surface area contributed by atoms with Crippen LogP contribution in [0.2, 0.25) is 0 Å². The second-order valence-corrected chi connectivity index (χ2v) is 4.99. The highest BCUT2D eigenvalue weighted by Gasteiger charge is 2.34. The molecule has 1 aliphatic rings. The van der Waals surface area contributed by atoms with Gasteiger partial charge in [-0.15, -0.1) is 0 Å². The molecule has 1 aromatic carbocycles. The van der Waals surface area contributed by atoms with Crippen molar-refractivity contribution in [3.05, 3.63) is 29.3 Å². The molecule has 116 valence electrons. The molecule has 0 atom stereocenters. The van der Waals surface area contributed by atoms with E-state index < -0.39 is 11.7 Å². The van der Waals surface area contributed by atoms with Gasteiger partial charge in [-0.25, -0.2) is 0 Å². The van der Waals surface area contributed by atoms with Crippen molar-refractivity contribution in [2.24, 2.45) is 0 Å². The lowest BCUT2D eigenvalue weighted by molar-refractivity contribution is -0.138. The summed E-state index contributed by atoms with van der Waals surface area (Å²) < 4.78 is 39.5. The van der Waals surface area contributed by atoms with Crippen LogP contribution in [0.4, 0.5) is 18.9 Å². The molecule has 0 aromatic heterocycles. The van der Waals surface area contributed by atoms with Gasteiger partial charge in [0.25, 0.3) is 0 Å². The number of nitrogens with zero attached hydrogens (tertiary/aromatic N) is 1. The fourth-order valence-electron chi connectivity index (χ4n) is 2.40. The maximum atomic E-state index is 13.2. The van der Waals surface area contributed by atoms with E-state index in [2.05, 4.69) is 10.6 Å². The van der Waals surface area contributed by atoms with Gasteiger partial charge in [0.15, 0.2) is 0 Å². The molecule has 2 N–H and O–H groups in total. The van der Waals surface area contributed by atoms with Crippen LogP contribution in [0.5, 0.6) is 0 Å². The minimum atomic E-state index is -4.41. The zero-order chi connectivity index (χ0) is 15.5. The second kappa shape index (κ2) is 6.34. The zero-order valence-electron chi connectivity index (χ0n) is 11.8. The number of carbonyl (C=O) groups excluding carboxylic acids is 1. The lowest BCUT2D eigenvalue weighted by Crippen LogP contribution is -2.33. The first kappa shape index (κ1) is 15.6. The molecule has 1 aromatic rings. The number of halogens is 3. The quantitative estimate of drug-likeness (QED) is 0.894. The van der Waals surface area contributed by atoms with E-state index in [9.17, 15) is 18.0 Å². The van der Waals surface area contributed by atoms with E-state index in [1.807, 2.05) is 0 Å². The first-order valence-electron chi connectivity index (χ1n) is 6.78. The highest BCUT2D eigenvalue weighted by atomic mass is 19.4. The summed E-state index contributed by atoms with van der Waals surface area (Å²) in [6.07, 6.45) is -3.69. The Morgan fingerprint density at radius 1 is 1.38 bits per heavy atom. The van der Waals surface area contributed by atoms with Crippen LogP contribution in [0.15, 0.2) is 18.2 Å². The largest absolute Gasteiger partial charge is 0.416 e. The number of nitrogens with one attached hydrogen (secondary N) is 2. The number of rotatable bonds is 3. The summed E-state index contributed by atoms with van der Waals surface area (Å²) in [6.45, 7) is 1.35. The average molecular weight is 301 g/mol. The van der Waals surface area contributed by atoms with Crippen molar-refractivity contribution in [3.63, 3.8) is 0 Å². The van der Waals surface area contributed by atoms with Crippen LogP contribution in [0.25, 0.3) is 0 Å². The highest BCUT2D eigenvalue weighted by Crippen LogP contribution is 2.34. The van der Waals surface area contributed by atoms with E-state index in [4.69, 9.17) is 0 Å². The van der Waals surface area contributed by atoms with Crippen LogP contribution < -0.4 is 15.5 Å². The van der Waals surface area contributed by atoms with E-state index in [0.717, 1.165) is 6.07 Å². The Hall–Kier alpha value is -1.76. The third-order valence-corrected chi connectivity index (χ3v) is 3.39. The molecule has 0 unspecified atom stereocenters. The standard InChI is InChI=1S/C14H18F3N3O/c1-18-8-10-3-4-11(7-12(10)14(15,16)17)20-6-2-5-19-13(21)9-20/h3-4,7,18H,2,5-6,8-9H2,1H3,(H,19,21). The molecule has 1 heterocycles. The van der Waals surface area contributed by atoms with Crippen molar-refractivity contribution in [1.29, 1.82) is 0 Å². The van der Waals surface area contributed by atoms with E-state index >= 15 is 0 Å². The second-order valence-electron chi connectivity index (χ2n) is 4.99. The lowest BCUT2D eigenvalue weighted by atomic mass is 10.1. The van der Waals surface area contributed by atoms with Crippen molar-refractivity contribution < 1.29 is 18.0 Å². The van der Waals surface area contributed by atoms with Crippen LogP contribution in [0.1, 0.15) is 17.5 Å². The van der Waals surface area contributed by atoms with Crippen LogP contribution >= 0.6 is 0 Å². The Morgan fingerprint density at radius 2 is 2.14 bits per heavy atom. The third kappa shape index (κ3) is 3.87. The molecule has 4 nitrogen and oxygen atoms in total. The number of benzene rings is 1. The molecule has 1 amide bonds. The number of carbonyl (C=O) groups is 1. The first-order valence-corrected chi connectivity index (χ1v) is 6.78. The summed E-state index contributed by atoms with van der Waals surface area (Å²) in [4.78, 5) is 13.2. The van der Waals surface area contributed by atoms with Gasteiger partial charge in [-0.2, -0.15) is 13.2 Å². The molecular weight excluding hydrogens is 283 g/mol. The number of alkyl halides is 3. The van der Waals surface area contributed by atoms with Gasteiger partial charge in [0.2, 0.25) is 5.91 Å². The molecule has 0 spiro atoms. The van der Waals surface area contributed by atoms with Gasteiger partial charge < -0.3 is 15.5 Å². The number of anilines is 1. The predicted octanol–water partition coefficient (Wildman–Crippen LogP) is 1.75. The van der Waals surface area contributed by atoms with Gasteiger partial charge in [0.1, 0.15) is 0 Å². The Labute approximate surface area is 121 Å². The SMILES string of the molecule is CNCc1ccc(N2CCCNC(=O)C2)cc1C(F)(F)F. The van der Waals surface area contributed by atoms with Crippen molar-refractivity contribution >= 4 is 11.6 Å². The fraction of sp³-hybridized carbons (Fsp3) is 0.500. The molecular formula is C14H18F3N3O. The molecule has 1 saturated heterocycles. The average Bonchev–Trinajstić information content (AvgIpc) is 2.63. The Morgan fingerprint density at radius 3 is 2.81 bits per heavy atom. The minimum absolute atomic E-state index is 0.0860. The van der Waals surface area contributed by atoms with E-state index in [1.54, 1.807) is 18.0 Å². The van der Waals surface area contributed by atoms with Crippen molar-refractivity contribution in [1.82, 2.24) is 10.6 Å². The molecule has 1 fully saturated rings. The van der Waals surface area contributed by atoms with Gasteiger partial charge in [-0.1, -0.05) is 6.07 Å². The van der Waals surface area contributed by atoms with Gasteiger partial charge >= 0.3 is 6.18 Å². The molecule has 1 aliphatic heterocycles. The first-order chi connectivity index (χ1) is 9.91. The summed E-state index contributed by atoms with van der Waals surface area (Å²) in [5.41, 5.74) is -0.0220. The lowest BCUT2D eigenvalue weighted by Gasteiger charge is -2.23. The van der Waals surface area contributed by atoms with Crippen LogP contribution in [-0.4, -0.2) is 32.6 Å². The fourth-order valence-corrected chi connectivity index (χ4v) is 2.40. The van der Waals surface area contributed by atoms with Crippen LogP contribution in [-0.2, 0) is 17.5 Å². The molecule has 7 heteroatoms. The molecule has 0 aliphatic carbocycles. The van der Waals surface area contributed by atoms with Crippen LogP contribution in [0.3, 0.4) is 0 Å². The normalized spacial score (nSPS) is 16.6. The molecule has 2 rings (SSSR count). The maximum Gasteiger partial charge on any atom is 0.416 e. The molecule has 0 saturated carbocycles. The predicted molar refractivity (Wildman–Crippen MR) is 74.0 cm³/mol. The van der Waals surface area contributed by atoms with Gasteiger partial charge in [0.05, 0.1) is 12.1 Å². The Bertz CT molecular complexity index is 517. The van der Waals surface area contributed by atoms with Gasteiger partial charge in [-0.3, -0.25) is 4.79 Å². The van der Waals surface area contributed by atoms with E-state index in [1.165, 1.54) is 6.07 Å². The molecule has 0 radical (unpaired) electrons. The van der Waals surface area contributed by atoms with Crippen molar-refractivity contribution in [2.75, 3.05) is 31.6 Å². The smallest absolute Gasteiger partial charge is 0.362 e. The maximum absolute atomic E-state index is 13.2. The summed E-state index contributed by atoms with van der Waals surface area (Å²) >= 11 is 0. The summed E-state index contributed by atoms with van der Waals surface area (Å²) in [6, 6.07) is 4.24. The number of amides is 1. The van der Waals surface area contributed by atoms with Crippen molar-refractivity contribution in [2.45, 2.75) is 19.1 Å². The topological polar surface area (TPSA) is 44.4 Å². The monoisotopic (exact) mass is 301 g/mol. The van der Waals surface area contributed by atoms with Crippen LogP contribution in [0, 0.1) is 0 Å². The highest BCUT2D eigenvalue weighted by molar-refractivity contribution is 5.81. The van der Waals surface area contributed by atoms with Gasteiger partial charge in [-0.05, 0) is 31.2 Å². The zero-order valence-corrected chi connectivity index (χ0v) is 11.8. The summed E-state index contributed by atoms with van der Waals surface area (Å²) in [5, 5.41) is 5.44. The Balaban J connectivity index is 2.34. The third-order valence-electron chi connectivity index (χ3n) is 3.39.